The number of carbonyl (C=O) groups is 1. The summed E-state index contributed by atoms with van der Waals surface area (Å²) in [6, 6.07) is 5.61. The molecule has 0 radical (unpaired) electrons. The summed E-state index contributed by atoms with van der Waals surface area (Å²) in [6.07, 6.45) is 6.36. The number of rotatable bonds is 6. The molecule has 1 saturated heterocycles. The predicted molar refractivity (Wildman–Crippen MR) is 107 cm³/mol. The molecule has 2 N–H and O–H groups in total. The van der Waals surface area contributed by atoms with Gasteiger partial charge in [0.25, 0.3) is 15.9 Å². The topological polar surface area (TPSA) is 88.7 Å². The van der Waals surface area contributed by atoms with E-state index in [4.69, 9.17) is 0 Å². The van der Waals surface area contributed by atoms with Gasteiger partial charge in [0, 0.05) is 6.07 Å². The van der Waals surface area contributed by atoms with Crippen molar-refractivity contribution in [3.8, 4) is 0 Å². The molecule has 2 aliphatic rings. The van der Waals surface area contributed by atoms with Gasteiger partial charge in [-0.25, -0.2) is 13.1 Å². The predicted octanol–water partition coefficient (Wildman–Crippen LogP) is 0.588. The van der Waals surface area contributed by atoms with Gasteiger partial charge in [-0.3, -0.25) is 4.79 Å². The Morgan fingerprint density at radius 2 is 2.00 bits per heavy atom. The molecule has 0 unspecified atom stereocenters. The molecule has 28 heavy (non-hydrogen) atoms. The van der Waals surface area contributed by atoms with Crippen LogP contribution in [0.4, 0.5) is 5.82 Å². The van der Waals surface area contributed by atoms with E-state index < -0.39 is 10.0 Å². The van der Waals surface area contributed by atoms with Crippen LogP contribution in [-0.4, -0.2) is 61.1 Å². The zero-order valence-corrected chi connectivity index (χ0v) is 17.3. The number of aromatic nitrogens is 2. The van der Waals surface area contributed by atoms with Crippen LogP contribution in [0.5, 0.6) is 0 Å². The number of hydrogen-bond donors (Lipinski definition) is 2. The van der Waals surface area contributed by atoms with Crippen molar-refractivity contribution in [2.24, 2.45) is 0 Å². The number of thiophene rings is 1. The first-order valence-electron chi connectivity index (χ1n) is 9.74. The van der Waals surface area contributed by atoms with Crippen LogP contribution in [0.25, 0.3) is 0 Å². The van der Waals surface area contributed by atoms with Gasteiger partial charge in [0.15, 0.2) is 6.54 Å². The minimum Gasteiger partial charge on any atom is -0.325 e. The van der Waals surface area contributed by atoms with E-state index in [1.807, 2.05) is 10.7 Å². The first-order chi connectivity index (χ1) is 13.5. The number of carbonyl (C=O) groups excluding carboxylic acids is 1. The lowest BCUT2D eigenvalue weighted by Crippen LogP contribution is -3.15. The van der Waals surface area contributed by atoms with E-state index in [1.165, 1.54) is 28.5 Å². The van der Waals surface area contributed by atoms with Crippen molar-refractivity contribution in [3.63, 3.8) is 0 Å². The second-order valence-electron chi connectivity index (χ2n) is 7.41. The van der Waals surface area contributed by atoms with Gasteiger partial charge in [-0.1, -0.05) is 18.9 Å². The second-order valence-corrected chi connectivity index (χ2v) is 10.5. The number of nitrogens with one attached hydrogen (secondary N) is 2. The lowest BCUT2D eigenvalue weighted by Gasteiger charge is -2.30. The molecule has 0 bridgehead atoms. The molecule has 2 fully saturated rings. The van der Waals surface area contributed by atoms with Gasteiger partial charge < -0.3 is 10.2 Å². The van der Waals surface area contributed by atoms with Gasteiger partial charge in [0.05, 0.1) is 38.4 Å². The van der Waals surface area contributed by atoms with Gasteiger partial charge in [-0.15, -0.1) is 11.3 Å². The van der Waals surface area contributed by atoms with E-state index >= 15 is 0 Å². The van der Waals surface area contributed by atoms with Crippen molar-refractivity contribution in [1.29, 1.82) is 0 Å². The summed E-state index contributed by atoms with van der Waals surface area (Å²) in [5.74, 6) is 0.708. The molecule has 0 atom stereocenters. The summed E-state index contributed by atoms with van der Waals surface area (Å²) >= 11 is 1.24. The fourth-order valence-electron chi connectivity index (χ4n) is 4.02. The molecular formula is C18H26N5O3S2+. The maximum atomic E-state index is 12.6. The Kier molecular flexibility index (Phi) is 5.81. The number of nitrogens with zero attached hydrogens (tertiary/aromatic N) is 3. The molecule has 1 saturated carbocycles. The number of quaternary nitrogens is 1. The number of sulfonamides is 1. The van der Waals surface area contributed by atoms with Crippen LogP contribution in [-0.2, 0) is 14.8 Å². The monoisotopic (exact) mass is 424 g/mol. The Labute approximate surface area is 169 Å². The van der Waals surface area contributed by atoms with E-state index in [9.17, 15) is 13.2 Å². The molecule has 3 heterocycles. The summed E-state index contributed by atoms with van der Waals surface area (Å²) in [7, 11) is -3.40. The van der Waals surface area contributed by atoms with E-state index in [-0.39, 0.29) is 5.91 Å². The van der Waals surface area contributed by atoms with Crippen LogP contribution < -0.4 is 10.2 Å². The Morgan fingerprint density at radius 3 is 2.68 bits per heavy atom. The van der Waals surface area contributed by atoms with Crippen LogP contribution in [0.3, 0.4) is 0 Å². The van der Waals surface area contributed by atoms with Gasteiger partial charge in [0.2, 0.25) is 0 Å². The van der Waals surface area contributed by atoms with Crippen molar-refractivity contribution in [1.82, 2.24) is 14.1 Å². The van der Waals surface area contributed by atoms with E-state index in [0.717, 1.165) is 23.6 Å². The van der Waals surface area contributed by atoms with Crippen LogP contribution in [0.1, 0.15) is 31.7 Å². The minimum absolute atomic E-state index is 0.0516. The summed E-state index contributed by atoms with van der Waals surface area (Å²) in [4.78, 5) is 13.6. The molecule has 8 nitrogen and oxygen atoms in total. The molecule has 1 amide bonds. The highest BCUT2D eigenvalue weighted by atomic mass is 32.2. The second kappa shape index (κ2) is 8.32. The number of hydrogen-bond acceptors (Lipinski definition) is 5. The summed E-state index contributed by atoms with van der Waals surface area (Å²) in [5, 5.41) is 9.14. The van der Waals surface area contributed by atoms with Crippen molar-refractivity contribution in [3.05, 3.63) is 29.8 Å². The molecule has 2 aromatic rings. The molecule has 0 spiro atoms. The Hall–Kier alpha value is -1.75. The van der Waals surface area contributed by atoms with E-state index in [1.54, 1.807) is 23.7 Å². The van der Waals surface area contributed by atoms with Crippen molar-refractivity contribution < 1.29 is 18.1 Å². The zero-order chi connectivity index (χ0) is 19.6. The Balaban J connectivity index is 1.29. The van der Waals surface area contributed by atoms with Crippen LogP contribution in [0, 0.1) is 0 Å². The average Bonchev–Trinajstić information content (AvgIpc) is 3.44. The molecule has 0 aromatic carbocycles. The van der Waals surface area contributed by atoms with Crippen LogP contribution in [0.2, 0.25) is 0 Å². The molecule has 152 valence electrons. The number of amides is 1. The highest BCUT2D eigenvalue weighted by molar-refractivity contribution is 7.91. The number of piperazine rings is 1. The summed E-state index contributed by atoms with van der Waals surface area (Å²) < 4.78 is 29.0. The lowest BCUT2D eigenvalue weighted by atomic mass is 10.2. The SMILES string of the molecule is O=C(C[NH+]1CCN(S(=O)(=O)c2cccs2)CC1)Nc1ccnn1C1CCCC1. The van der Waals surface area contributed by atoms with Gasteiger partial charge in [-0.2, -0.15) is 9.40 Å². The maximum Gasteiger partial charge on any atom is 0.280 e. The molecule has 10 heteroatoms. The Bertz CT molecular complexity index is 896. The third kappa shape index (κ3) is 4.14. The van der Waals surface area contributed by atoms with Crippen molar-refractivity contribution >= 4 is 33.1 Å². The number of anilines is 1. The molecular weight excluding hydrogens is 398 g/mol. The third-order valence-corrected chi connectivity index (χ3v) is 8.81. The van der Waals surface area contributed by atoms with E-state index in [2.05, 4.69) is 10.4 Å². The zero-order valence-electron chi connectivity index (χ0n) is 15.7. The largest absolute Gasteiger partial charge is 0.325 e. The molecule has 1 aliphatic carbocycles. The smallest absolute Gasteiger partial charge is 0.280 e. The van der Waals surface area contributed by atoms with E-state index in [0.29, 0.717) is 43.0 Å². The fourth-order valence-corrected chi connectivity index (χ4v) is 6.61. The van der Waals surface area contributed by atoms with Crippen molar-refractivity contribution in [2.75, 3.05) is 38.0 Å². The van der Waals surface area contributed by atoms with Gasteiger partial charge in [0.1, 0.15) is 10.0 Å². The van der Waals surface area contributed by atoms with Crippen LogP contribution in [0.15, 0.2) is 34.0 Å². The average molecular weight is 425 g/mol. The fraction of sp³-hybridized carbons (Fsp3) is 0.556. The first kappa shape index (κ1) is 19.6. The lowest BCUT2D eigenvalue weighted by molar-refractivity contribution is -0.895. The van der Waals surface area contributed by atoms with Gasteiger partial charge >= 0.3 is 0 Å². The highest BCUT2D eigenvalue weighted by Gasteiger charge is 2.32. The van der Waals surface area contributed by atoms with Crippen molar-refractivity contribution in [2.45, 2.75) is 35.9 Å². The maximum absolute atomic E-state index is 12.6. The minimum atomic E-state index is -3.40. The normalized spacial score (nSPS) is 19.9. The standard InChI is InChI=1S/C18H25N5O3S2/c24-17(20-16-7-8-19-23(16)15-4-1-2-5-15)14-21-9-11-22(12-10-21)28(25,26)18-6-3-13-27-18/h3,6-8,13,15H,1-2,4-5,9-12,14H2,(H,20,24)/p+1. The highest BCUT2D eigenvalue weighted by Crippen LogP contribution is 2.31. The molecule has 1 aliphatic heterocycles. The molecule has 4 rings (SSSR count). The first-order valence-corrected chi connectivity index (χ1v) is 12.1. The molecule has 2 aromatic heterocycles. The Morgan fingerprint density at radius 1 is 1.25 bits per heavy atom. The summed E-state index contributed by atoms with van der Waals surface area (Å²) in [6.45, 7) is 2.45. The third-order valence-electron chi connectivity index (χ3n) is 5.54. The quantitative estimate of drug-likeness (QED) is 0.710. The van der Waals surface area contributed by atoms with Crippen LogP contribution >= 0.6 is 11.3 Å². The van der Waals surface area contributed by atoms with Gasteiger partial charge in [-0.05, 0) is 24.3 Å². The summed E-state index contributed by atoms with van der Waals surface area (Å²) in [5.41, 5.74) is 0.